The predicted molar refractivity (Wildman–Crippen MR) is 158 cm³/mol. The molecule has 236 valence electrons. The number of ether oxygens (including phenoxy) is 1. The lowest BCUT2D eigenvalue weighted by Crippen LogP contribution is -2.56. The molecule has 7 nitrogen and oxygen atoms in total. The van der Waals surface area contributed by atoms with Gasteiger partial charge in [-0.3, -0.25) is 19.5 Å². The SMILES string of the molecule is C=CC1CN2CCC1CC2C(Nc1c(Nc2ccc(C(F)(F)F)c(C(F)(F)F)c2)c(=O)c1=O)c1ccnc2ccc(OC)cc12. The summed E-state index contributed by atoms with van der Waals surface area (Å²) in [5.74, 6) is 1.20. The second-order valence-corrected chi connectivity index (χ2v) is 11.4. The zero-order valence-corrected chi connectivity index (χ0v) is 23.9. The Balaban J connectivity index is 1.41. The van der Waals surface area contributed by atoms with Crippen molar-refractivity contribution in [3.8, 4) is 5.75 Å². The molecule has 7 rings (SSSR count). The van der Waals surface area contributed by atoms with Crippen molar-refractivity contribution < 1.29 is 31.1 Å². The van der Waals surface area contributed by atoms with E-state index in [4.69, 9.17) is 4.74 Å². The fraction of sp³-hybridized carbons (Fsp3) is 0.344. The number of hydrogen-bond donors (Lipinski definition) is 2. The van der Waals surface area contributed by atoms with Crippen molar-refractivity contribution in [1.29, 1.82) is 0 Å². The van der Waals surface area contributed by atoms with Crippen LogP contribution in [-0.2, 0) is 12.4 Å². The second kappa shape index (κ2) is 11.2. The molecule has 13 heteroatoms. The van der Waals surface area contributed by atoms with Crippen LogP contribution < -0.4 is 26.2 Å². The van der Waals surface area contributed by atoms with Crippen LogP contribution in [0.3, 0.4) is 0 Å². The Hall–Kier alpha value is -4.39. The lowest BCUT2D eigenvalue weighted by Gasteiger charge is -2.52. The van der Waals surface area contributed by atoms with E-state index < -0.39 is 46.1 Å². The van der Waals surface area contributed by atoms with Gasteiger partial charge in [0.2, 0.25) is 0 Å². The van der Waals surface area contributed by atoms with Crippen LogP contribution in [0.25, 0.3) is 10.9 Å². The van der Waals surface area contributed by atoms with Gasteiger partial charge in [0, 0.05) is 29.9 Å². The standard InChI is InChI=1S/C32H28F6N4O3/c1-3-16-15-42-11-9-17(16)12-25(42)26(20-8-10-39-24-7-5-19(45-2)14-21(20)24)41-28-27(29(43)30(28)44)40-18-4-6-22(31(33,34)35)23(13-18)32(36,37)38/h3-8,10,13-14,16-17,25-26,40-41H,1,9,11-12,15H2,2H3. The van der Waals surface area contributed by atoms with Gasteiger partial charge in [0.15, 0.2) is 0 Å². The quantitative estimate of drug-likeness (QED) is 0.128. The van der Waals surface area contributed by atoms with E-state index in [0.717, 1.165) is 42.9 Å². The molecule has 3 saturated heterocycles. The number of methoxy groups -OCH3 is 1. The van der Waals surface area contributed by atoms with Gasteiger partial charge in [0.05, 0.1) is 29.8 Å². The molecule has 5 unspecified atom stereocenters. The van der Waals surface area contributed by atoms with Crippen molar-refractivity contribution in [2.45, 2.75) is 37.3 Å². The Kier molecular flexibility index (Phi) is 7.62. The zero-order chi connectivity index (χ0) is 32.3. The van der Waals surface area contributed by atoms with Gasteiger partial charge in [-0.15, -0.1) is 6.58 Å². The van der Waals surface area contributed by atoms with Gasteiger partial charge in [-0.2, -0.15) is 26.3 Å². The number of alkyl halides is 6. The number of piperidine rings is 3. The minimum atomic E-state index is -5.32. The molecule has 0 saturated carbocycles. The minimum Gasteiger partial charge on any atom is -0.497 e. The highest BCUT2D eigenvalue weighted by Gasteiger charge is 2.45. The maximum atomic E-state index is 13.6. The summed E-state index contributed by atoms with van der Waals surface area (Å²) >= 11 is 0. The summed E-state index contributed by atoms with van der Waals surface area (Å²) < 4.78 is 86.1. The third-order valence-corrected chi connectivity index (χ3v) is 8.97. The third-order valence-electron chi connectivity index (χ3n) is 8.97. The number of halogens is 6. The fourth-order valence-corrected chi connectivity index (χ4v) is 6.70. The van der Waals surface area contributed by atoms with Crippen LogP contribution in [0, 0.1) is 11.8 Å². The summed E-state index contributed by atoms with van der Waals surface area (Å²) in [5.41, 5.74) is -5.13. The van der Waals surface area contributed by atoms with E-state index in [1.165, 1.54) is 7.11 Å². The first-order valence-electron chi connectivity index (χ1n) is 14.2. The molecule has 4 heterocycles. The fourth-order valence-electron chi connectivity index (χ4n) is 6.70. The second-order valence-electron chi connectivity index (χ2n) is 11.4. The maximum absolute atomic E-state index is 13.6. The van der Waals surface area contributed by atoms with Crippen molar-refractivity contribution in [3.05, 3.63) is 98.5 Å². The summed E-state index contributed by atoms with van der Waals surface area (Å²) in [6.45, 7) is 5.52. The van der Waals surface area contributed by atoms with Crippen LogP contribution in [0.4, 0.5) is 43.4 Å². The van der Waals surface area contributed by atoms with Crippen LogP contribution >= 0.6 is 0 Å². The molecule has 1 aromatic heterocycles. The normalized spacial score (nSPS) is 22.4. The average molecular weight is 631 g/mol. The molecule has 0 spiro atoms. The molecule has 2 bridgehead atoms. The molecule has 3 fully saturated rings. The van der Waals surface area contributed by atoms with Gasteiger partial charge >= 0.3 is 12.4 Å². The number of pyridine rings is 1. The monoisotopic (exact) mass is 630 g/mol. The van der Waals surface area contributed by atoms with E-state index >= 15 is 0 Å². The van der Waals surface area contributed by atoms with Gasteiger partial charge < -0.3 is 15.4 Å². The maximum Gasteiger partial charge on any atom is 0.417 e. The van der Waals surface area contributed by atoms with E-state index in [0.29, 0.717) is 23.3 Å². The molecule has 0 radical (unpaired) electrons. The minimum absolute atomic E-state index is 0.142. The first kappa shape index (κ1) is 30.6. The molecule has 3 aromatic carbocycles. The molecule has 3 aliphatic heterocycles. The Morgan fingerprint density at radius 1 is 1.00 bits per heavy atom. The molecule has 0 aliphatic carbocycles. The molecule has 3 aliphatic rings. The van der Waals surface area contributed by atoms with E-state index in [-0.39, 0.29) is 29.4 Å². The molecular formula is C32H28F6N4O3. The Morgan fingerprint density at radius 3 is 2.38 bits per heavy atom. The molecule has 0 amide bonds. The molecular weight excluding hydrogens is 602 g/mol. The Morgan fingerprint density at radius 2 is 1.73 bits per heavy atom. The van der Waals surface area contributed by atoms with Crippen LogP contribution in [0.15, 0.2) is 70.9 Å². The van der Waals surface area contributed by atoms with Crippen LogP contribution in [-0.4, -0.2) is 36.1 Å². The molecule has 45 heavy (non-hydrogen) atoms. The van der Waals surface area contributed by atoms with E-state index in [1.807, 2.05) is 12.1 Å². The predicted octanol–water partition coefficient (Wildman–Crippen LogP) is 6.67. The largest absolute Gasteiger partial charge is 0.497 e. The number of rotatable bonds is 8. The summed E-state index contributed by atoms with van der Waals surface area (Å²) in [5, 5.41) is 6.45. The lowest BCUT2D eigenvalue weighted by molar-refractivity contribution is -0.162. The summed E-state index contributed by atoms with van der Waals surface area (Å²) in [7, 11) is 1.53. The highest BCUT2D eigenvalue weighted by molar-refractivity contribution is 5.85. The zero-order valence-electron chi connectivity index (χ0n) is 23.9. The van der Waals surface area contributed by atoms with Crippen LogP contribution in [0.5, 0.6) is 5.75 Å². The van der Waals surface area contributed by atoms with E-state index in [2.05, 4.69) is 27.1 Å². The van der Waals surface area contributed by atoms with Crippen molar-refractivity contribution >= 4 is 28.0 Å². The Bertz CT molecular complexity index is 1850. The number of nitrogens with one attached hydrogen (secondary N) is 2. The topological polar surface area (TPSA) is 83.6 Å². The lowest BCUT2D eigenvalue weighted by atomic mass is 9.73. The van der Waals surface area contributed by atoms with Crippen molar-refractivity contribution in [2.24, 2.45) is 11.8 Å². The number of aromatic nitrogens is 1. The van der Waals surface area contributed by atoms with Crippen LogP contribution in [0.1, 0.15) is 35.6 Å². The molecule has 2 N–H and O–H groups in total. The smallest absolute Gasteiger partial charge is 0.417 e. The summed E-state index contributed by atoms with van der Waals surface area (Å²) in [6.07, 6.45) is -5.28. The number of fused-ring (bicyclic) bond motifs is 4. The number of benzene rings is 2. The number of hydrogen-bond acceptors (Lipinski definition) is 7. The van der Waals surface area contributed by atoms with Gasteiger partial charge in [0.25, 0.3) is 10.9 Å². The Labute approximate surface area is 253 Å². The van der Waals surface area contributed by atoms with E-state index in [1.54, 1.807) is 24.4 Å². The van der Waals surface area contributed by atoms with E-state index in [9.17, 15) is 35.9 Å². The summed E-state index contributed by atoms with van der Waals surface area (Å²) in [6, 6.07) is 7.84. The highest BCUT2D eigenvalue weighted by Crippen LogP contribution is 2.45. The summed E-state index contributed by atoms with van der Waals surface area (Å²) in [4.78, 5) is 32.4. The van der Waals surface area contributed by atoms with Crippen molar-refractivity contribution in [1.82, 2.24) is 9.88 Å². The first-order valence-corrected chi connectivity index (χ1v) is 14.2. The van der Waals surface area contributed by atoms with Gasteiger partial charge in [0.1, 0.15) is 17.1 Å². The number of nitrogens with zero attached hydrogens (tertiary/aromatic N) is 2. The van der Waals surface area contributed by atoms with Crippen molar-refractivity contribution in [3.63, 3.8) is 0 Å². The van der Waals surface area contributed by atoms with Gasteiger partial charge in [-0.1, -0.05) is 6.08 Å². The molecule has 5 atom stereocenters. The average Bonchev–Trinajstić information content (AvgIpc) is 3.03. The van der Waals surface area contributed by atoms with Gasteiger partial charge in [-0.25, -0.2) is 0 Å². The third kappa shape index (κ3) is 5.54. The first-order chi connectivity index (χ1) is 21.3. The molecule has 4 aromatic rings. The van der Waals surface area contributed by atoms with Crippen molar-refractivity contribution in [2.75, 3.05) is 30.8 Å². The number of anilines is 3. The van der Waals surface area contributed by atoms with Gasteiger partial charge in [-0.05, 0) is 79.3 Å². The highest BCUT2D eigenvalue weighted by atomic mass is 19.4. The van der Waals surface area contributed by atoms with Crippen LogP contribution in [0.2, 0.25) is 0 Å².